The van der Waals surface area contributed by atoms with Crippen LogP contribution >= 0.6 is 11.8 Å². The molecular weight excluding hydrogens is 416 g/mol. The molecule has 2 aliphatic heterocycles. The van der Waals surface area contributed by atoms with E-state index in [1.54, 1.807) is 25.3 Å². The zero-order valence-electron chi connectivity index (χ0n) is 17.4. The highest BCUT2D eigenvalue weighted by molar-refractivity contribution is 8.03. The van der Waals surface area contributed by atoms with Crippen LogP contribution in [0.3, 0.4) is 0 Å². The number of thioether (sulfide) groups is 1. The predicted molar refractivity (Wildman–Crippen MR) is 116 cm³/mol. The van der Waals surface area contributed by atoms with Crippen molar-refractivity contribution in [2.24, 2.45) is 0 Å². The minimum atomic E-state index is -1.58. The number of nitriles is 1. The normalized spacial score (nSPS) is 22.7. The van der Waals surface area contributed by atoms with Crippen molar-refractivity contribution in [1.29, 1.82) is 5.26 Å². The van der Waals surface area contributed by atoms with Gasteiger partial charge in [0.1, 0.15) is 5.75 Å². The number of allylic oxidation sites excluding steroid dienone is 1. The van der Waals surface area contributed by atoms with E-state index in [4.69, 9.17) is 14.2 Å². The lowest BCUT2D eigenvalue weighted by Crippen LogP contribution is -2.48. The fourth-order valence-electron chi connectivity index (χ4n) is 4.05. The van der Waals surface area contributed by atoms with Crippen LogP contribution in [0.15, 0.2) is 53.1 Å². The van der Waals surface area contributed by atoms with Gasteiger partial charge in [0.15, 0.2) is 17.2 Å². The molecule has 0 unspecified atom stereocenters. The van der Waals surface area contributed by atoms with Crippen molar-refractivity contribution in [3.8, 4) is 23.3 Å². The van der Waals surface area contributed by atoms with Gasteiger partial charge in [-0.05, 0) is 29.8 Å². The summed E-state index contributed by atoms with van der Waals surface area (Å²) < 4.78 is 15.8. The lowest BCUT2D eigenvalue weighted by Gasteiger charge is -2.38. The van der Waals surface area contributed by atoms with Gasteiger partial charge in [-0.15, -0.1) is 11.8 Å². The summed E-state index contributed by atoms with van der Waals surface area (Å²) in [6.07, 6.45) is 0.0921. The summed E-state index contributed by atoms with van der Waals surface area (Å²) in [6, 6.07) is 14.7. The van der Waals surface area contributed by atoms with Crippen LogP contribution in [0.2, 0.25) is 0 Å². The second-order valence-corrected chi connectivity index (χ2v) is 8.23. The molecule has 4 rings (SSSR count). The monoisotopic (exact) mass is 438 g/mol. The number of ether oxygens (including phenoxy) is 3. The highest BCUT2D eigenvalue weighted by atomic mass is 32.2. The van der Waals surface area contributed by atoms with Gasteiger partial charge in [0.2, 0.25) is 5.91 Å². The molecule has 2 atom stereocenters. The van der Waals surface area contributed by atoms with Gasteiger partial charge in [-0.25, -0.2) is 0 Å². The number of fused-ring (bicyclic) bond motifs is 1. The van der Waals surface area contributed by atoms with E-state index >= 15 is 0 Å². The van der Waals surface area contributed by atoms with Crippen molar-refractivity contribution >= 4 is 17.7 Å². The minimum Gasteiger partial charge on any atom is -0.497 e. The molecule has 0 bridgehead atoms. The van der Waals surface area contributed by atoms with E-state index in [0.717, 1.165) is 5.56 Å². The van der Waals surface area contributed by atoms with E-state index in [-0.39, 0.29) is 24.0 Å². The zero-order valence-corrected chi connectivity index (χ0v) is 18.2. The Balaban J connectivity index is 1.77. The van der Waals surface area contributed by atoms with Gasteiger partial charge >= 0.3 is 0 Å². The summed E-state index contributed by atoms with van der Waals surface area (Å²) in [6.45, 7) is 0. The first-order chi connectivity index (χ1) is 15.0. The quantitative estimate of drug-likeness (QED) is 0.765. The van der Waals surface area contributed by atoms with Gasteiger partial charge in [0.05, 0.1) is 43.8 Å². The number of hydrogen-bond donors (Lipinski definition) is 1. The first kappa shape index (κ1) is 21.1. The van der Waals surface area contributed by atoms with E-state index in [2.05, 4.69) is 6.07 Å². The molecule has 2 aromatic rings. The molecule has 0 saturated carbocycles. The van der Waals surface area contributed by atoms with Crippen molar-refractivity contribution in [3.05, 3.63) is 64.2 Å². The van der Waals surface area contributed by atoms with Crippen LogP contribution in [0.4, 0.5) is 0 Å². The maximum atomic E-state index is 13.2. The van der Waals surface area contributed by atoms with Gasteiger partial charge < -0.3 is 19.3 Å². The second kappa shape index (κ2) is 8.17. The van der Waals surface area contributed by atoms with Gasteiger partial charge in [-0.1, -0.05) is 18.2 Å². The van der Waals surface area contributed by atoms with Crippen molar-refractivity contribution in [2.75, 3.05) is 27.1 Å². The van der Waals surface area contributed by atoms with Gasteiger partial charge in [-0.2, -0.15) is 5.26 Å². The third kappa shape index (κ3) is 3.40. The Bertz CT molecular complexity index is 1090. The van der Waals surface area contributed by atoms with E-state index in [1.807, 2.05) is 24.3 Å². The lowest BCUT2D eigenvalue weighted by atomic mass is 9.85. The molecule has 31 heavy (non-hydrogen) atoms. The number of carbonyl (C=O) groups excluding carboxylic acids is 1. The van der Waals surface area contributed by atoms with Gasteiger partial charge in [-0.3, -0.25) is 9.69 Å². The number of carbonyl (C=O) groups is 1. The Kier molecular flexibility index (Phi) is 5.56. The summed E-state index contributed by atoms with van der Waals surface area (Å²) in [5.41, 5.74) is 0.260. The third-order valence-electron chi connectivity index (χ3n) is 5.67. The summed E-state index contributed by atoms with van der Waals surface area (Å²) >= 11 is 1.31. The van der Waals surface area contributed by atoms with Crippen LogP contribution in [0, 0.1) is 11.3 Å². The van der Waals surface area contributed by atoms with E-state index in [0.29, 0.717) is 33.4 Å². The predicted octanol–water partition coefficient (Wildman–Crippen LogP) is 3.36. The second-order valence-electron chi connectivity index (χ2n) is 7.26. The van der Waals surface area contributed by atoms with Gasteiger partial charge in [0.25, 0.3) is 0 Å². The van der Waals surface area contributed by atoms with Crippen LogP contribution in [0.25, 0.3) is 0 Å². The number of amides is 1. The van der Waals surface area contributed by atoms with E-state index in [1.165, 1.54) is 30.9 Å². The number of aliphatic hydroxyl groups is 1. The lowest BCUT2D eigenvalue weighted by molar-refractivity contribution is -0.149. The molecule has 7 nitrogen and oxygen atoms in total. The first-order valence-electron chi connectivity index (χ1n) is 9.65. The van der Waals surface area contributed by atoms with Gasteiger partial charge in [0, 0.05) is 17.9 Å². The molecule has 2 heterocycles. The molecule has 0 aliphatic carbocycles. The average molecular weight is 439 g/mol. The van der Waals surface area contributed by atoms with Crippen molar-refractivity contribution < 1.29 is 24.1 Å². The molecule has 8 heteroatoms. The largest absolute Gasteiger partial charge is 0.497 e. The SMILES string of the molecule is COc1ccc([C@@H]2CC(=O)N3C(=C2C#N)SC[C@]3(O)c2ccc(OC)c(OC)c2)cc1. The maximum Gasteiger partial charge on any atom is 0.231 e. The van der Waals surface area contributed by atoms with Crippen molar-refractivity contribution in [2.45, 2.75) is 18.1 Å². The first-order valence-corrected chi connectivity index (χ1v) is 10.6. The van der Waals surface area contributed by atoms with E-state index in [9.17, 15) is 15.2 Å². The molecule has 1 amide bonds. The molecule has 2 aromatic carbocycles. The smallest absolute Gasteiger partial charge is 0.231 e. The zero-order chi connectivity index (χ0) is 22.2. The highest BCUT2D eigenvalue weighted by Crippen LogP contribution is 2.52. The third-order valence-corrected chi connectivity index (χ3v) is 6.90. The Morgan fingerprint density at radius 3 is 2.42 bits per heavy atom. The molecule has 0 spiro atoms. The summed E-state index contributed by atoms with van der Waals surface area (Å²) in [5, 5.41) is 22.0. The maximum absolute atomic E-state index is 13.2. The summed E-state index contributed by atoms with van der Waals surface area (Å²) in [7, 11) is 4.63. The molecule has 1 N–H and O–H groups in total. The fraction of sp³-hybridized carbons (Fsp3) is 0.304. The number of nitrogens with zero attached hydrogens (tertiary/aromatic N) is 2. The summed E-state index contributed by atoms with van der Waals surface area (Å²) in [5.74, 6) is 1.29. The number of rotatable bonds is 5. The Labute approximate surface area is 184 Å². The van der Waals surface area contributed by atoms with Crippen LogP contribution in [-0.4, -0.2) is 43.0 Å². The molecule has 1 saturated heterocycles. The van der Waals surface area contributed by atoms with Crippen LogP contribution in [0.5, 0.6) is 17.2 Å². The number of benzene rings is 2. The summed E-state index contributed by atoms with van der Waals surface area (Å²) in [4.78, 5) is 14.6. The topological polar surface area (TPSA) is 92.0 Å². The molecular formula is C23H22N2O5S. The molecule has 0 radical (unpaired) electrons. The molecule has 2 aliphatic rings. The van der Waals surface area contributed by atoms with Crippen LogP contribution < -0.4 is 14.2 Å². The molecule has 0 aromatic heterocycles. The Morgan fingerprint density at radius 1 is 1.10 bits per heavy atom. The van der Waals surface area contributed by atoms with Crippen molar-refractivity contribution in [3.63, 3.8) is 0 Å². The number of methoxy groups -OCH3 is 3. The molecule has 1 fully saturated rings. The Hall–Kier alpha value is -3.15. The number of hydrogen-bond acceptors (Lipinski definition) is 7. The van der Waals surface area contributed by atoms with E-state index < -0.39 is 5.72 Å². The molecule has 160 valence electrons. The van der Waals surface area contributed by atoms with Crippen LogP contribution in [0.1, 0.15) is 23.5 Å². The highest BCUT2D eigenvalue weighted by Gasteiger charge is 2.52. The average Bonchev–Trinajstić information content (AvgIpc) is 3.17. The minimum absolute atomic E-state index is 0.0921. The fourth-order valence-corrected chi connectivity index (χ4v) is 5.40. The standard InChI is InChI=1S/C23H22N2O5S/c1-28-16-7-4-14(5-8-16)17-11-21(26)25-22(18(17)12-24)31-13-23(25,27)15-6-9-19(29-2)20(10-15)30-3/h4-10,17,27H,11,13H2,1-3H3/t17-,23-/m0/s1. The van der Waals surface area contributed by atoms with Crippen molar-refractivity contribution in [1.82, 2.24) is 4.90 Å². The Morgan fingerprint density at radius 2 is 1.81 bits per heavy atom. The van der Waals surface area contributed by atoms with Crippen LogP contribution in [-0.2, 0) is 10.5 Å².